The van der Waals surface area contributed by atoms with E-state index < -0.39 is 0 Å². The topological polar surface area (TPSA) is 38.3 Å². The molecule has 3 nitrogen and oxygen atoms in total. The van der Waals surface area contributed by atoms with Crippen LogP contribution in [0.1, 0.15) is 24.5 Å². The van der Waals surface area contributed by atoms with Gasteiger partial charge < -0.3 is 10.1 Å². The number of hydrogen-bond donors (Lipinski definition) is 1. The quantitative estimate of drug-likeness (QED) is 0.641. The van der Waals surface area contributed by atoms with Gasteiger partial charge in [0.05, 0.1) is 6.61 Å². The van der Waals surface area contributed by atoms with E-state index in [-0.39, 0.29) is 12.0 Å². The molecule has 1 aromatic carbocycles. The van der Waals surface area contributed by atoms with E-state index in [1.54, 1.807) is 18.8 Å². The summed E-state index contributed by atoms with van der Waals surface area (Å²) in [6, 6.07) is 6.42. The van der Waals surface area contributed by atoms with Crippen molar-refractivity contribution in [2.24, 2.45) is 0 Å². The maximum Gasteiger partial charge on any atom is 0.323 e. The second-order valence-corrected chi connectivity index (χ2v) is 5.78. The maximum atomic E-state index is 11.7. The van der Waals surface area contributed by atoms with E-state index in [1.165, 1.54) is 35.3 Å². The van der Waals surface area contributed by atoms with Gasteiger partial charge >= 0.3 is 5.97 Å². The molecule has 1 atom stereocenters. The highest BCUT2D eigenvalue weighted by molar-refractivity contribution is 7.99. The smallest absolute Gasteiger partial charge is 0.323 e. The molecular formula is C15H21NO2S. The first-order valence-corrected chi connectivity index (χ1v) is 7.81. The molecule has 0 fully saturated rings. The lowest BCUT2D eigenvalue weighted by Crippen LogP contribution is -2.37. The zero-order chi connectivity index (χ0) is 13.7. The number of ether oxygens (including phenoxy) is 1. The molecule has 0 aromatic heterocycles. The lowest BCUT2D eigenvalue weighted by atomic mass is 10.1. The van der Waals surface area contributed by atoms with Crippen LogP contribution < -0.4 is 5.32 Å². The molecule has 1 N–H and O–H groups in total. The van der Waals surface area contributed by atoms with Crippen LogP contribution in [0.15, 0.2) is 23.1 Å². The highest BCUT2D eigenvalue weighted by atomic mass is 32.2. The van der Waals surface area contributed by atoms with E-state index in [4.69, 9.17) is 4.74 Å². The van der Waals surface area contributed by atoms with E-state index in [9.17, 15) is 4.79 Å². The first kappa shape index (κ1) is 14.4. The Balaban J connectivity index is 1.92. The SMILES string of the molecule is CCOC(=O)C(CSc1ccc2c(c1)CCC2)NC. The van der Waals surface area contributed by atoms with Crippen molar-refractivity contribution in [2.45, 2.75) is 37.1 Å². The molecule has 0 radical (unpaired) electrons. The molecule has 4 heteroatoms. The predicted molar refractivity (Wildman–Crippen MR) is 78.7 cm³/mol. The molecular weight excluding hydrogens is 258 g/mol. The zero-order valence-corrected chi connectivity index (χ0v) is 12.4. The van der Waals surface area contributed by atoms with Crippen molar-refractivity contribution in [3.8, 4) is 0 Å². The number of likely N-dealkylation sites (N-methyl/N-ethyl adjacent to an activating group) is 1. The predicted octanol–water partition coefficient (Wildman–Crippen LogP) is 2.42. The number of carbonyl (C=O) groups excluding carboxylic acids is 1. The van der Waals surface area contributed by atoms with E-state index in [1.807, 2.05) is 6.92 Å². The normalized spacial score (nSPS) is 15.1. The molecule has 1 aromatic rings. The van der Waals surface area contributed by atoms with Crippen molar-refractivity contribution in [1.29, 1.82) is 0 Å². The van der Waals surface area contributed by atoms with Crippen molar-refractivity contribution in [1.82, 2.24) is 5.32 Å². The Morgan fingerprint density at radius 3 is 2.95 bits per heavy atom. The summed E-state index contributed by atoms with van der Waals surface area (Å²) in [5, 5.41) is 3.01. The number of esters is 1. The van der Waals surface area contributed by atoms with E-state index in [0.717, 1.165) is 0 Å². The van der Waals surface area contributed by atoms with Gasteiger partial charge in [-0.1, -0.05) is 6.07 Å². The van der Waals surface area contributed by atoms with Crippen LogP contribution in [0.4, 0.5) is 0 Å². The Bertz CT molecular complexity index is 448. The molecule has 1 aliphatic rings. The van der Waals surface area contributed by atoms with Gasteiger partial charge in [0.15, 0.2) is 0 Å². The van der Waals surface area contributed by atoms with Crippen LogP contribution in [0, 0.1) is 0 Å². The lowest BCUT2D eigenvalue weighted by Gasteiger charge is -2.14. The van der Waals surface area contributed by atoms with Crippen molar-refractivity contribution >= 4 is 17.7 Å². The molecule has 19 heavy (non-hydrogen) atoms. The summed E-state index contributed by atoms with van der Waals surface area (Å²) in [5.41, 5.74) is 2.96. The van der Waals surface area contributed by atoms with Crippen LogP contribution in [-0.2, 0) is 22.4 Å². The van der Waals surface area contributed by atoms with Gasteiger partial charge in [-0.2, -0.15) is 0 Å². The highest BCUT2D eigenvalue weighted by Gasteiger charge is 2.18. The van der Waals surface area contributed by atoms with Crippen LogP contribution in [0.2, 0.25) is 0 Å². The Hall–Kier alpha value is -1.00. The van der Waals surface area contributed by atoms with Crippen LogP contribution in [-0.4, -0.2) is 31.4 Å². The average molecular weight is 279 g/mol. The fourth-order valence-electron chi connectivity index (χ4n) is 2.33. The fourth-order valence-corrected chi connectivity index (χ4v) is 3.38. The first-order valence-electron chi connectivity index (χ1n) is 6.83. The molecule has 104 valence electrons. The lowest BCUT2D eigenvalue weighted by molar-refractivity contribution is -0.144. The Morgan fingerprint density at radius 2 is 2.21 bits per heavy atom. The second-order valence-electron chi connectivity index (χ2n) is 4.69. The van der Waals surface area contributed by atoms with E-state index in [2.05, 4.69) is 23.5 Å². The van der Waals surface area contributed by atoms with Gasteiger partial charge in [0.1, 0.15) is 6.04 Å². The van der Waals surface area contributed by atoms with Crippen molar-refractivity contribution in [3.05, 3.63) is 29.3 Å². The molecule has 1 aliphatic carbocycles. The third-order valence-corrected chi connectivity index (χ3v) is 4.49. The van der Waals surface area contributed by atoms with Crippen LogP contribution >= 0.6 is 11.8 Å². The molecule has 0 amide bonds. The molecule has 2 rings (SSSR count). The number of fused-ring (bicyclic) bond motifs is 1. The summed E-state index contributed by atoms with van der Waals surface area (Å²) in [4.78, 5) is 12.9. The molecule has 0 bridgehead atoms. The summed E-state index contributed by atoms with van der Waals surface area (Å²) in [7, 11) is 1.80. The monoisotopic (exact) mass is 279 g/mol. The molecule has 0 spiro atoms. The molecule has 0 saturated heterocycles. The van der Waals surface area contributed by atoms with Crippen molar-refractivity contribution in [3.63, 3.8) is 0 Å². The number of thioether (sulfide) groups is 1. The van der Waals surface area contributed by atoms with Crippen LogP contribution in [0.25, 0.3) is 0 Å². The minimum atomic E-state index is -0.238. The maximum absolute atomic E-state index is 11.7. The molecule has 0 saturated carbocycles. The number of aryl methyl sites for hydroxylation is 2. The number of rotatable bonds is 6. The third kappa shape index (κ3) is 3.74. The summed E-state index contributed by atoms with van der Waals surface area (Å²) < 4.78 is 5.04. The Morgan fingerprint density at radius 1 is 1.42 bits per heavy atom. The van der Waals surface area contributed by atoms with Gasteiger partial charge in [-0.15, -0.1) is 11.8 Å². The number of benzene rings is 1. The highest BCUT2D eigenvalue weighted by Crippen LogP contribution is 2.27. The van der Waals surface area contributed by atoms with Crippen LogP contribution in [0.5, 0.6) is 0 Å². The largest absolute Gasteiger partial charge is 0.465 e. The van der Waals surface area contributed by atoms with Crippen LogP contribution in [0.3, 0.4) is 0 Å². The molecule has 0 heterocycles. The first-order chi connectivity index (χ1) is 9.24. The summed E-state index contributed by atoms with van der Waals surface area (Å²) in [6.07, 6.45) is 3.67. The van der Waals surface area contributed by atoms with E-state index >= 15 is 0 Å². The van der Waals surface area contributed by atoms with E-state index in [0.29, 0.717) is 12.4 Å². The number of hydrogen-bond acceptors (Lipinski definition) is 4. The summed E-state index contributed by atoms with van der Waals surface area (Å²) in [6.45, 7) is 2.26. The molecule has 1 unspecified atom stereocenters. The zero-order valence-electron chi connectivity index (χ0n) is 11.6. The minimum Gasteiger partial charge on any atom is -0.465 e. The summed E-state index contributed by atoms with van der Waals surface area (Å²) >= 11 is 1.71. The second kappa shape index (κ2) is 6.96. The average Bonchev–Trinajstić information content (AvgIpc) is 2.87. The van der Waals surface area contributed by atoms with Gasteiger partial charge in [-0.3, -0.25) is 4.79 Å². The van der Waals surface area contributed by atoms with Crippen molar-refractivity contribution < 1.29 is 9.53 Å². The Kier molecular flexibility index (Phi) is 5.28. The number of nitrogens with one attached hydrogen (secondary N) is 1. The molecule has 0 aliphatic heterocycles. The third-order valence-electron chi connectivity index (χ3n) is 3.41. The summed E-state index contributed by atoms with van der Waals surface area (Å²) in [5.74, 6) is 0.535. The van der Waals surface area contributed by atoms with Gasteiger partial charge in [0, 0.05) is 10.6 Å². The van der Waals surface area contributed by atoms with Gasteiger partial charge in [-0.05, 0) is 56.5 Å². The van der Waals surface area contributed by atoms with Gasteiger partial charge in [-0.25, -0.2) is 0 Å². The standard InChI is InChI=1S/C15H21NO2S/c1-3-18-15(17)14(16-2)10-19-13-8-7-11-5-4-6-12(11)9-13/h7-9,14,16H,3-6,10H2,1-2H3. The van der Waals surface area contributed by atoms with Crippen molar-refractivity contribution in [2.75, 3.05) is 19.4 Å². The van der Waals surface area contributed by atoms with Gasteiger partial charge in [0.25, 0.3) is 0 Å². The number of carbonyl (C=O) groups is 1. The minimum absolute atomic E-state index is 0.168. The Labute approximate surface area is 119 Å². The fraction of sp³-hybridized carbons (Fsp3) is 0.533. The van der Waals surface area contributed by atoms with Gasteiger partial charge in [0.2, 0.25) is 0 Å².